The normalized spacial score (nSPS) is 14.8. The Hall–Kier alpha value is -3.37. The van der Waals surface area contributed by atoms with Crippen LogP contribution in [-0.2, 0) is 4.74 Å². The number of nitrogens with one attached hydrogen (secondary N) is 1. The Kier molecular flexibility index (Phi) is 8.67. The molecule has 1 aliphatic rings. The second kappa shape index (κ2) is 11.7. The molecule has 0 spiro atoms. The fraction of sp³-hybridized carbons (Fsp3) is 0.458. The average molecular weight is 473 g/mol. The van der Waals surface area contributed by atoms with Crippen LogP contribution < -0.4 is 19.7 Å². The number of nitro groups is 1. The average Bonchev–Trinajstić information content (AvgIpc) is 2.85. The summed E-state index contributed by atoms with van der Waals surface area (Å²) in [6.45, 7) is 5.41. The molecule has 0 radical (unpaired) electrons. The van der Waals surface area contributed by atoms with Crippen molar-refractivity contribution in [3.63, 3.8) is 0 Å². The quantitative estimate of drug-likeness (QED) is 0.416. The van der Waals surface area contributed by atoms with Gasteiger partial charge in [0.2, 0.25) is 0 Å². The summed E-state index contributed by atoms with van der Waals surface area (Å²) in [6.07, 6.45) is 0. The third-order valence-corrected chi connectivity index (χ3v) is 5.73. The van der Waals surface area contributed by atoms with E-state index in [2.05, 4.69) is 10.2 Å². The maximum absolute atomic E-state index is 12.9. The molecule has 1 atom stereocenters. The predicted octanol–water partition coefficient (Wildman–Crippen LogP) is 2.87. The molecule has 10 heteroatoms. The van der Waals surface area contributed by atoms with E-state index in [-0.39, 0.29) is 23.2 Å². The molecule has 0 aliphatic carbocycles. The summed E-state index contributed by atoms with van der Waals surface area (Å²) in [5, 5.41) is 14.5. The lowest BCUT2D eigenvalue weighted by Crippen LogP contribution is -2.43. The fourth-order valence-corrected chi connectivity index (χ4v) is 3.99. The van der Waals surface area contributed by atoms with Gasteiger partial charge in [-0.3, -0.25) is 19.8 Å². The van der Waals surface area contributed by atoms with Crippen molar-refractivity contribution >= 4 is 17.3 Å². The number of methoxy groups -OCH3 is 1. The van der Waals surface area contributed by atoms with E-state index in [0.29, 0.717) is 43.6 Å². The van der Waals surface area contributed by atoms with E-state index in [1.165, 1.54) is 6.07 Å². The van der Waals surface area contributed by atoms with Crippen LogP contribution in [-0.4, -0.2) is 76.4 Å². The lowest BCUT2D eigenvalue weighted by Gasteiger charge is -2.35. The number of morpholine rings is 1. The van der Waals surface area contributed by atoms with Crippen molar-refractivity contribution in [1.82, 2.24) is 10.2 Å². The number of amides is 1. The van der Waals surface area contributed by atoms with Crippen LogP contribution in [0.1, 0.15) is 28.9 Å². The molecular formula is C24H32N4O6. The molecule has 2 aromatic carbocycles. The Morgan fingerprint density at radius 1 is 1.21 bits per heavy atom. The molecule has 184 valence electrons. The third-order valence-electron chi connectivity index (χ3n) is 5.73. The Balaban J connectivity index is 1.83. The summed E-state index contributed by atoms with van der Waals surface area (Å²) in [7, 11) is 5.04. The van der Waals surface area contributed by atoms with Crippen LogP contribution in [0.5, 0.6) is 11.5 Å². The Morgan fingerprint density at radius 3 is 2.56 bits per heavy atom. The number of carbonyl (C=O) groups is 1. The summed E-state index contributed by atoms with van der Waals surface area (Å²) >= 11 is 0. The summed E-state index contributed by atoms with van der Waals surface area (Å²) in [6, 6.07) is 10.1. The van der Waals surface area contributed by atoms with Crippen molar-refractivity contribution in [3.05, 3.63) is 57.6 Å². The first-order valence-electron chi connectivity index (χ1n) is 11.2. The van der Waals surface area contributed by atoms with Gasteiger partial charge in [0.15, 0.2) is 11.5 Å². The van der Waals surface area contributed by atoms with E-state index in [1.807, 2.05) is 25.1 Å². The zero-order valence-electron chi connectivity index (χ0n) is 20.1. The van der Waals surface area contributed by atoms with Gasteiger partial charge in [-0.05, 0) is 36.8 Å². The van der Waals surface area contributed by atoms with Crippen LogP contribution in [0.25, 0.3) is 0 Å². The van der Waals surface area contributed by atoms with Gasteiger partial charge in [-0.2, -0.15) is 0 Å². The molecule has 34 heavy (non-hydrogen) atoms. The largest absolute Gasteiger partial charge is 0.493 e. The zero-order chi connectivity index (χ0) is 24.7. The van der Waals surface area contributed by atoms with Crippen molar-refractivity contribution in [2.75, 3.05) is 65.6 Å². The molecule has 1 fully saturated rings. The minimum atomic E-state index is -0.477. The SMILES string of the molecule is CCOc1ccc(C(CNC(=O)c2ccc(N(C)C)c([N+](=O)[O-])c2)N2CCOCC2)cc1OC. The van der Waals surface area contributed by atoms with E-state index in [0.717, 1.165) is 18.7 Å². The first kappa shape index (κ1) is 25.3. The van der Waals surface area contributed by atoms with Crippen LogP contribution >= 0.6 is 0 Å². The van der Waals surface area contributed by atoms with Crippen molar-refractivity contribution in [2.24, 2.45) is 0 Å². The van der Waals surface area contributed by atoms with Gasteiger partial charge in [0.1, 0.15) is 5.69 Å². The molecule has 1 unspecified atom stereocenters. The summed E-state index contributed by atoms with van der Waals surface area (Å²) in [4.78, 5) is 27.9. The smallest absolute Gasteiger partial charge is 0.293 e. The zero-order valence-corrected chi connectivity index (χ0v) is 20.1. The second-order valence-electron chi connectivity index (χ2n) is 8.07. The molecule has 1 N–H and O–H groups in total. The highest BCUT2D eigenvalue weighted by molar-refractivity contribution is 5.95. The van der Waals surface area contributed by atoms with Gasteiger partial charge < -0.3 is 24.4 Å². The first-order valence-corrected chi connectivity index (χ1v) is 11.2. The lowest BCUT2D eigenvalue weighted by molar-refractivity contribution is -0.384. The van der Waals surface area contributed by atoms with Crippen LogP contribution in [0.3, 0.4) is 0 Å². The molecule has 2 aromatic rings. The molecule has 1 saturated heterocycles. The van der Waals surface area contributed by atoms with Crippen LogP contribution in [0.4, 0.5) is 11.4 Å². The fourth-order valence-electron chi connectivity index (χ4n) is 3.99. The summed E-state index contributed by atoms with van der Waals surface area (Å²) < 4.78 is 16.6. The van der Waals surface area contributed by atoms with E-state index in [4.69, 9.17) is 14.2 Å². The van der Waals surface area contributed by atoms with Gasteiger partial charge in [0.05, 0.1) is 37.9 Å². The third kappa shape index (κ3) is 5.95. The number of anilines is 1. The molecule has 10 nitrogen and oxygen atoms in total. The number of nitrogens with zero attached hydrogens (tertiary/aromatic N) is 3. The highest BCUT2D eigenvalue weighted by Crippen LogP contribution is 2.33. The number of hydrogen-bond donors (Lipinski definition) is 1. The maximum atomic E-state index is 12.9. The van der Waals surface area contributed by atoms with Crippen molar-refractivity contribution in [3.8, 4) is 11.5 Å². The van der Waals surface area contributed by atoms with E-state index in [1.54, 1.807) is 38.2 Å². The summed E-state index contributed by atoms with van der Waals surface area (Å²) in [5.41, 5.74) is 1.53. The Labute approximate surface area is 199 Å². The molecule has 0 bridgehead atoms. The molecular weight excluding hydrogens is 440 g/mol. The molecule has 0 aromatic heterocycles. The monoisotopic (exact) mass is 472 g/mol. The van der Waals surface area contributed by atoms with Crippen molar-refractivity contribution in [2.45, 2.75) is 13.0 Å². The molecule has 0 saturated carbocycles. The minimum absolute atomic E-state index is 0.112. The number of benzene rings is 2. The van der Waals surface area contributed by atoms with Crippen LogP contribution in [0, 0.1) is 10.1 Å². The maximum Gasteiger partial charge on any atom is 0.293 e. The van der Waals surface area contributed by atoms with E-state index >= 15 is 0 Å². The number of hydrogen-bond acceptors (Lipinski definition) is 8. The van der Waals surface area contributed by atoms with E-state index in [9.17, 15) is 14.9 Å². The first-order chi connectivity index (χ1) is 16.3. The van der Waals surface area contributed by atoms with Gasteiger partial charge in [-0.25, -0.2) is 0 Å². The Bertz CT molecular complexity index is 1010. The second-order valence-corrected chi connectivity index (χ2v) is 8.07. The Morgan fingerprint density at radius 2 is 1.94 bits per heavy atom. The number of carbonyl (C=O) groups excluding carboxylic acids is 1. The van der Waals surface area contributed by atoms with Gasteiger partial charge in [0.25, 0.3) is 11.6 Å². The van der Waals surface area contributed by atoms with Crippen molar-refractivity contribution < 1.29 is 23.9 Å². The standard InChI is InChI=1S/C24H32N4O6/c1-5-34-22-9-7-17(15-23(22)32-4)21(27-10-12-33-13-11-27)16-25-24(29)18-6-8-19(26(2)3)20(14-18)28(30)31/h6-9,14-15,21H,5,10-13,16H2,1-4H3,(H,25,29). The minimum Gasteiger partial charge on any atom is -0.493 e. The molecule has 1 amide bonds. The lowest BCUT2D eigenvalue weighted by atomic mass is 10.0. The van der Waals surface area contributed by atoms with Gasteiger partial charge in [0, 0.05) is 45.4 Å². The molecule has 3 rings (SSSR count). The van der Waals surface area contributed by atoms with Gasteiger partial charge in [-0.1, -0.05) is 6.07 Å². The summed E-state index contributed by atoms with van der Waals surface area (Å²) in [5.74, 6) is 0.912. The van der Waals surface area contributed by atoms with Gasteiger partial charge >= 0.3 is 0 Å². The number of rotatable bonds is 10. The van der Waals surface area contributed by atoms with Crippen molar-refractivity contribution in [1.29, 1.82) is 0 Å². The topological polar surface area (TPSA) is 106 Å². The highest BCUT2D eigenvalue weighted by atomic mass is 16.6. The number of ether oxygens (including phenoxy) is 3. The van der Waals surface area contributed by atoms with Crippen LogP contribution in [0.15, 0.2) is 36.4 Å². The molecule has 1 aliphatic heterocycles. The van der Waals surface area contributed by atoms with Crippen LogP contribution in [0.2, 0.25) is 0 Å². The predicted molar refractivity (Wildman–Crippen MR) is 129 cm³/mol. The number of nitro benzene ring substituents is 1. The van der Waals surface area contributed by atoms with E-state index < -0.39 is 4.92 Å². The van der Waals surface area contributed by atoms with Gasteiger partial charge in [-0.15, -0.1) is 0 Å². The molecule has 1 heterocycles. The highest BCUT2D eigenvalue weighted by Gasteiger charge is 2.25.